The molecule has 2 aromatic rings. The molecule has 57 heavy (non-hydrogen) atoms. The number of hydrogen-bond donors (Lipinski definition) is 4. The van der Waals surface area contributed by atoms with Gasteiger partial charge in [0.25, 0.3) is 11.8 Å². The fourth-order valence-electron chi connectivity index (χ4n) is 8.81. The van der Waals surface area contributed by atoms with Crippen LogP contribution in [-0.2, 0) is 43.2 Å². The minimum absolute atomic E-state index is 0.00668. The number of ether oxygens (including phenoxy) is 3. The van der Waals surface area contributed by atoms with Crippen molar-refractivity contribution in [3.63, 3.8) is 0 Å². The van der Waals surface area contributed by atoms with Crippen LogP contribution in [0.3, 0.4) is 0 Å². The topological polar surface area (TPSA) is 153 Å². The van der Waals surface area contributed by atoms with Gasteiger partial charge in [-0.15, -0.1) is 0 Å². The van der Waals surface area contributed by atoms with Gasteiger partial charge in [-0.3, -0.25) is 19.3 Å². The minimum atomic E-state index is -0.941. The number of aliphatic hydroxyl groups is 1. The maximum absolute atomic E-state index is 13.5. The Morgan fingerprint density at radius 1 is 1.04 bits per heavy atom. The van der Waals surface area contributed by atoms with Gasteiger partial charge >= 0.3 is 0 Å². The lowest BCUT2D eigenvalue weighted by atomic mass is 9.88. The van der Waals surface area contributed by atoms with Crippen molar-refractivity contribution in [3.05, 3.63) is 53.1 Å². The standard InChI is InChI=1S/C44H65N5O8/c1-32(2)27-38(51)43(54)48-23-26-57-44(31-48)16-20-47(21-17-44)29-34-8-6-7-33(28-34)14-24-55-25-15-40(53)49(36-9-4-3-5-10-36)22-19-45-18-13-35-11-12-37(50)41-42(35)56-30-39(52)46-41/h6-8,11-12,28,32,36,38,45,50-51H,3-5,9-10,13-27,29-31H2,1-2H3,(H,46,52). The van der Waals surface area contributed by atoms with Crippen LogP contribution < -0.4 is 15.4 Å². The van der Waals surface area contributed by atoms with Crippen LogP contribution in [0, 0.1) is 5.92 Å². The van der Waals surface area contributed by atoms with E-state index in [1.54, 1.807) is 6.07 Å². The summed E-state index contributed by atoms with van der Waals surface area (Å²) in [6.45, 7) is 11.2. The molecule has 1 unspecified atom stereocenters. The van der Waals surface area contributed by atoms with Gasteiger partial charge in [-0.2, -0.15) is 0 Å². The van der Waals surface area contributed by atoms with E-state index < -0.39 is 6.10 Å². The summed E-state index contributed by atoms with van der Waals surface area (Å²) >= 11 is 0. The van der Waals surface area contributed by atoms with Gasteiger partial charge in [0.2, 0.25) is 5.91 Å². The number of fused-ring (bicyclic) bond motifs is 1. The molecule has 3 aliphatic heterocycles. The molecule has 1 aliphatic carbocycles. The Labute approximate surface area is 338 Å². The van der Waals surface area contributed by atoms with Gasteiger partial charge in [0.1, 0.15) is 17.5 Å². The summed E-state index contributed by atoms with van der Waals surface area (Å²) in [5, 5.41) is 26.8. The van der Waals surface area contributed by atoms with Crippen LogP contribution in [-0.4, -0.2) is 133 Å². The molecule has 2 saturated heterocycles. The minimum Gasteiger partial charge on any atom is -0.506 e. The molecule has 0 aromatic heterocycles. The lowest BCUT2D eigenvalue weighted by molar-refractivity contribution is -0.166. The Kier molecular flexibility index (Phi) is 15.6. The number of phenols is 1. The number of phenolic OH excluding ortho intramolecular Hbond substituents is 1. The number of hydrogen-bond acceptors (Lipinski definition) is 10. The van der Waals surface area contributed by atoms with E-state index in [0.717, 1.165) is 70.1 Å². The van der Waals surface area contributed by atoms with Crippen LogP contribution in [0.5, 0.6) is 11.5 Å². The average molecular weight is 792 g/mol. The SMILES string of the molecule is CC(C)CC(O)C(=O)N1CCOC2(CCN(Cc3cccc(CCOCCC(=O)N(CCNCCc4ccc(O)c5c4OCC(=O)N5)C4CCCCC4)c3)CC2)C1. The Hall–Kier alpha value is -3.75. The Balaban J connectivity index is 0.894. The highest BCUT2D eigenvalue weighted by molar-refractivity contribution is 5.97. The molecule has 0 bridgehead atoms. The van der Waals surface area contributed by atoms with Crippen molar-refractivity contribution < 1.29 is 38.8 Å². The van der Waals surface area contributed by atoms with Gasteiger partial charge in [0.15, 0.2) is 12.4 Å². The molecule has 3 amide bonds. The first-order chi connectivity index (χ1) is 27.6. The van der Waals surface area contributed by atoms with Crippen molar-refractivity contribution >= 4 is 23.4 Å². The van der Waals surface area contributed by atoms with Gasteiger partial charge < -0.3 is 44.9 Å². The third kappa shape index (κ3) is 12.1. The number of piperidine rings is 1. The summed E-state index contributed by atoms with van der Waals surface area (Å²) in [4.78, 5) is 44.5. The van der Waals surface area contributed by atoms with E-state index in [9.17, 15) is 24.6 Å². The number of carbonyl (C=O) groups is 3. The molecule has 6 rings (SSSR count). The summed E-state index contributed by atoms with van der Waals surface area (Å²) in [5.41, 5.74) is 3.39. The maximum atomic E-state index is 13.5. The first kappa shape index (κ1) is 42.8. The fourth-order valence-corrected chi connectivity index (χ4v) is 8.81. The molecule has 0 radical (unpaired) electrons. The Morgan fingerprint density at radius 2 is 1.82 bits per heavy atom. The second-order valence-corrected chi connectivity index (χ2v) is 16.8. The third-order valence-electron chi connectivity index (χ3n) is 12.0. The molecule has 2 aromatic carbocycles. The van der Waals surface area contributed by atoms with Gasteiger partial charge in [0.05, 0.1) is 31.8 Å². The van der Waals surface area contributed by atoms with E-state index >= 15 is 0 Å². The number of nitrogens with one attached hydrogen (secondary N) is 2. The second-order valence-electron chi connectivity index (χ2n) is 16.8. The lowest BCUT2D eigenvalue weighted by Gasteiger charge is -2.47. The molecule has 1 atom stereocenters. The number of benzene rings is 2. The van der Waals surface area contributed by atoms with Crippen molar-refractivity contribution in [1.29, 1.82) is 0 Å². The summed E-state index contributed by atoms with van der Waals surface area (Å²) in [6, 6.07) is 12.3. The quantitative estimate of drug-likeness (QED) is 0.127. The molecule has 1 spiro atoms. The van der Waals surface area contributed by atoms with Gasteiger partial charge in [-0.05, 0) is 80.2 Å². The number of nitrogens with zero attached hydrogens (tertiary/aromatic N) is 3. The van der Waals surface area contributed by atoms with Crippen molar-refractivity contribution in [3.8, 4) is 11.5 Å². The van der Waals surface area contributed by atoms with E-state index in [1.165, 1.54) is 17.5 Å². The third-order valence-corrected chi connectivity index (χ3v) is 12.0. The zero-order valence-corrected chi connectivity index (χ0v) is 34.1. The van der Waals surface area contributed by atoms with Crippen LogP contribution in [0.1, 0.15) is 88.3 Å². The molecular formula is C44H65N5O8. The predicted molar refractivity (Wildman–Crippen MR) is 218 cm³/mol. The van der Waals surface area contributed by atoms with Crippen molar-refractivity contribution in [2.45, 2.75) is 109 Å². The van der Waals surface area contributed by atoms with Crippen LogP contribution in [0.25, 0.3) is 0 Å². The summed E-state index contributed by atoms with van der Waals surface area (Å²) in [7, 11) is 0. The number of anilines is 1. The van der Waals surface area contributed by atoms with Crippen molar-refractivity contribution in [2.75, 3.05) is 77.6 Å². The normalized spacial score (nSPS) is 19.2. The Bertz CT molecular complexity index is 1640. The van der Waals surface area contributed by atoms with E-state index in [0.29, 0.717) is 83.2 Å². The monoisotopic (exact) mass is 791 g/mol. The summed E-state index contributed by atoms with van der Waals surface area (Å²) < 4.78 is 17.9. The number of likely N-dealkylation sites (tertiary alicyclic amines) is 1. The first-order valence-electron chi connectivity index (χ1n) is 21.4. The van der Waals surface area contributed by atoms with Crippen LogP contribution in [0.15, 0.2) is 36.4 Å². The fraction of sp³-hybridized carbons (Fsp3) is 0.659. The van der Waals surface area contributed by atoms with E-state index in [4.69, 9.17) is 14.2 Å². The first-order valence-corrected chi connectivity index (χ1v) is 21.4. The summed E-state index contributed by atoms with van der Waals surface area (Å²) in [6.07, 6.45) is 8.68. The van der Waals surface area contributed by atoms with Gasteiger partial charge in [0, 0.05) is 51.9 Å². The van der Waals surface area contributed by atoms with Crippen LogP contribution in [0.2, 0.25) is 0 Å². The molecular weight excluding hydrogens is 727 g/mol. The van der Waals surface area contributed by atoms with E-state index in [1.807, 2.05) is 24.8 Å². The summed E-state index contributed by atoms with van der Waals surface area (Å²) in [5.74, 6) is 0.477. The molecule has 3 fully saturated rings. The van der Waals surface area contributed by atoms with E-state index in [2.05, 4.69) is 44.7 Å². The number of rotatable bonds is 18. The molecule has 4 N–H and O–H groups in total. The molecule has 13 nitrogen and oxygen atoms in total. The highest BCUT2D eigenvalue weighted by atomic mass is 16.5. The molecule has 3 heterocycles. The van der Waals surface area contributed by atoms with Crippen LogP contribution >= 0.6 is 0 Å². The smallest absolute Gasteiger partial charge is 0.262 e. The molecule has 4 aliphatic rings. The van der Waals surface area contributed by atoms with E-state index in [-0.39, 0.29) is 47.6 Å². The number of carbonyl (C=O) groups excluding carboxylic acids is 3. The lowest BCUT2D eigenvalue weighted by Crippen LogP contribution is -2.59. The zero-order chi connectivity index (χ0) is 40.2. The number of morpholine rings is 1. The number of aromatic hydroxyl groups is 1. The predicted octanol–water partition coefficient (Wildman–Crippen LogP) is 4.27. The molecule has 1 saturated carbocycles. The maximum Gasteiger partial charge on any atom is 0.262 e. The zero-order valence-electron chi connectivity index (χ0n) is 34.1. The number of amides is 3. The van der Waals surface area contributed by atoms with Crippen molar-refractivity contribution in [2.24, 2.45) is 5.92 Å². The van der Waals surface area contributed by atoms with Crippen molar-refractivity contribution in [1.82, 2.24) is 20.0 Å². The number of aliphatic hydroxyl groups excluding tert-OH is 1. The molecule has 314 valence electrons. The second kappa shape index (κ2) is 20.8. The van der Waals surface area contributed by atoms with Crippen LogP contribution in [0.4, 0.5) is 5.69 Å². The highest BCUT2D eigenvalue weighted by Crippen LogP contribution is 2.39. The van der Waals surface area contributed by atoms with Gasteiger partial charge in [-0.25, -0.2) is 0 Å². The largest absolute Gasteiger partial charge is 0.506 e. The average Bonchev–Trinajstić information content (AvgIpc) is 3.21. The Morgan fingerprint density at radius 3 is 2.61 bits per heavy atom. The van der Waals surface area contributed by atoms with Gasteiger partial charge in [-0.1, -0.05) is 63.4 Å². The highest BCUT2D eigenvalue weighted by Gasteiger charge is 2.42. The molecule has 13 heteroatoms.